The molecule has 0 bridgehead atoms. The SMILES string of the molecule is COc1ccc(-n2cccc2C=Nc2ccccc2Br)cc1. The van der Waals surface area contributed by atoms with Gasteiger partial charge in [-0.3, -0.25) is 4.99 Å². The lowest BCUT2D eigenvalue weighted by molar-refractivity contribution is 0.415. The normalized spacial score (nSPS) is 11.0. The number of methoxy groups -OCH3 is 1. The highest BCUT2D eigenvalue weighted by Crippen LogP contribution is 2.24. The van der Waals surface area contributed by atoms with Gasteiger partial charge in [0.25, 0.3) is 0 Å². The first-order valence-electron chi connectivity index (χ1n) is 6.88. The molecule has 0 amide bonds. The van der Waals surface area contributed by atoms with Crippen LogP contribution in [-0.4, -0.2) is 17.9 Å². The molecular weight excluding hydrogens is 340 g/mol. The molecule has 0 unspecified atom stereocenters. The number of rotatable bonds is 4. The van der Waals surface area contributed by atoms with Crippen molar-refractivity contribution < 1.29 is 4.74 Å². The number of hydrogen-bond donors (Lipinski definition) is 0. The molecular formula is C18H15BrN2O. The summed E-state index contributed by atoms with van der Waals surface area (Å²) < 4.78 is 8.26. The zero-order valence-corrected chi connectivity index (χ0v) is 13.7. The van der Waals surface area contributed by atoms with E-state index in [1.54, 1.807) is 7.11 Å². The van der Waals surface area contributed by atoms with Crippen molar-refractivity contribution in [1.82, 2.24) is 4.57 Å². The van der Waals surface area contributed by atoms with Crippen LogP contribution >= 0.6 is 15.9 Å². The van der Waals surface area contributed by atoms with Gasteiger partial charge in [-0.05, 0) is 64.5 Å². The average molecular weight is 355 g/mol. The third-order valence-corrected chi connectivity index (χ3v) is 3.99. The van der Waals surface area contributed by atoms with Gasteiger partial charge in [0.15, 0.2) is 0 Å². The minimum absolute atomic E-state index is 0.847. The Morgan fingerprint density at radius 3 is 2.50 bits per heavy atom. The molecule has 0 spiro atoms. The van der Waals surface area contributed by atoms with E-state index in [1.807, 2.05) is 73.1 Å². The van der Waals surface area contributed by atoms with Crippen LogP contribution in [0, 0.1) is 0 Å². The fourth-order valence-corrected chi connectivity index (χ4v) is 2.56. The van der Waals surface area contributed by atoms with Gasteiger partial charge in [-0.1, -0.05) is 12.1 Å². The molecule has 1 heterocycles. The first-order chi connectivity index (χ1) is 10.8. The number of aliphatic imine (C=N–C) groups is 1. The molecule has 22 heavy (non-hydrogen) atoms. The van der Waals surface area contributed by atoms with Crippen LogP contribution in [-0.2, 0) is 0 Å². The van der Waals surface area contributed by atoms with Gasteiger partial charge in [-0.25, -0.2) is 0 Å². The largest absolute Gasteiger partial charge is 0.497 e. The topological polar surface area (TPSA) is 26.5 Å². The number of ether oxygens (including phenoxy) is 1. The maximum Gasteiger partial charge on any atom is 0.119 e. The minimum atomic E-state index is 0.847. The molecule has 0 aliphatic carbocycles. The second kappa shape index (κ2) is 6.62. The number of hydrogen-bond acceptors (Lipinski definition) is 2. The summed E-state index contributed by atoms with van der Waals surface area (Å²) in [5.41, 5.74) is 2.99. The maximum atomic E-state index is 5.19. The summed E-state index contributed by atoms with van der Waals surface area (Å²) in [6, 6.07) is 19.9. The molecule has 0 N–H and O–H groups in total. The van der Waals surface area contributed by atoms with Crippen molar-refractivity contribution in [3.05, 3.63) is 77.0 Å². The summed E-state index contributed by atoms with van der Waals surface area (Å²) in [5.74, 6) is 0.847. The van der Waals surface area contributed by atoms with Gasteiger partial charge in [0.05, 0.1) is 24.7 Å². The number of benzene rings is 2. The van der Waals surface area contributed by atoms with Gasteiger partial charge in [0.2, 0.25) is 0 Å². The van der Waals surface area contributed by atoms with Crippen molar-refractivity contribution in [2.24, 2.45) is 4.99 Å². The first kappa shape index (κ1) is 14.6. The zero-order chi connectivity index (χ0) is 15.4. The smallest absolute Gasteiger partial charge is 0.119 e. The highest BCUT2D eigenvalue weighted by Gasteiger charge is 2.02. The lowest BCUT2D eigenvalue weighted by Gasteiger charge is -2.07. The molecule has 110 valence electrons. The molecule has 0 fully saturated rings. The van der Waals surface area contributed by atoms with Crippen LogP contribution in [0.15, 0.2) is 76.3 Å². The van der Waals surface area contributed by atoms with Crippen LogP contribution in [0.3, 0.4) is 0 Å². The highest BCUT2D eigenvalue weighted by molar-refractivity contribution is 9.10. The molecule has 0 radical (unpaired) electrons. The lowest BCUT2D eigenvalue weighted by Crippen LogP contribution is -1.97. The molecule has 0 atom stereocenters. The van der Waals surface area contributed by atoms with Crippen LogP contribution in [0.4, 0.5) is 5.69 Å². The Morgan fingerprint density at radius 2 is 1.77 bits per heavy atom. The second-order valence-electron chi connectivity index (χ2n) is 4.71. The summed E-state index contributed by atoms with van der Waals surface area (Å²) >= 11 is 3.51. The van der Waals surface area contributed by atoms with Crippen LogP contribution in [0.5, 0.6) is 5.75 Å². The Balaban J connectivity index is 1.90. The van der Waals surface area contributed by atoms with Crippen LogP contribution in [0.2, 0.25) is 0 Å². The van der Waals surface area contributed by atoms with Crippen molar-refractivity contribution in [2.75, 3.05) is 7.11 Å². The quantitative estimate of drug-likeness (QED) is 0.605. The van der Waals surface area contributed by atoms with E-state index < -0.39 is 0 Å². The molecule has 4 heteroatoms. The summed E-state index contributed by atoms with van der Waals surface area (Å²) in [4.78, 5) is 4.55. The molecule has 0 aliphatic rings. The highest BCUT2D eigenvalue weighted by atomic mass is 79.9. The molecule has 0 saturated carbocycles. The molecule has 3 nitrogen and oxygen atoms in total. The molecule has 1 aromatic heterocycles. The fourth-order valence-electron chi connectivity index (χ4n) is 2.17. The van der Waals surface area contributed by atoms with Gasteiger partial charge in [-0.15, -0.1) is 0 Å². The summed E-state index contributed by atoms with van der Waals surface area (Å²) in [6.07, 6.45) is 3.88. The van der Waals surface area contributed by atoms with E-state index in [-0.39, 0.29) is 0 Å². The summed E-state index contributed by atoms with van der Waals surface area (Å²) in [5, 5.41) is 0. The Hall–Kier alpha value is -2.33. The molecule has 0 aliphatic heterocycles. The van der Waals surface area contributed by atoms with Gasteiger partial charge in [0, 0.05) is 16.4 Å². The molecule has 3 aromatic rings. The molecule has 3 rings (SSSR count). The van der Waals surface area contributed by atoms with E-state index >= 15 is 0 Å². The van der Waals surface area contributed by atoms with Gasteiger partial charge >= 0.3 is 0 Å². The van der Waals surface area contributed by atoms with Crippen LogP contribution < -0.4 is 4.74 Å². The van der Waals surface area contributed by atoms with Crippen molar-refractivity contribution in [3.8, 4) is 11.4 Å². The average Bonchev–Trinajstić information content (AvgIpc) is 3.03. The van der Waals surface area contributed by atoms with Gasteiger partial charge in [0.1, 0.15) is 5.75 Å². The van der Waals surface area contributed by atoms with Crippen LogP contribution in [0.1, 0.15) is 5.69 Å². The van der Waals surface area contributed by atoms with E-state index in [4.69, 9.17) is 4.74 Å². The first-order valence-corrected chi connectivity index (χ1v) is 7.67. The van der Waals surface area contributed by atoms with E-state index in [0.29, 0.717) is 0 Å². The summed E-state index contributed by atoms with van der Waals surface area (Å²) in [6.45, 7) is 0. The summed E-state index contributed by atoms with van der Waals surface area (Å²) in [7, 11) is 1.67. The molecule has 0 saturated heterocycles. The monoisotopic (exact) mass is 354 g/mol. The maximum absolute atomic E-state index is 5.19. The van der Waals surface area contributed by atoms with Crippen molar-refractivity contribution >= 4 is 27.8 Å². The third kappa shape index (κ3) is 3.12. The number of para-hydroxylation sites is 1. The third-order valence-electron chi connectivity index (χ3n) is 3.32. The van der Waals surface area contributed by atoms with Crippen molar-refractivity contribution in [2.45, 2.75) is 0 Å². The predicted octanol–water partition coefficient (Wildman–Crippen LogP) is 5.00. The van der Waals surface area contributed by atoms with Crippen molar-refractivity contribution in [3.63, 3.8) is 0 Å². The lowest BCUT2D eigenvalue weighted by atomic mass is 10.3. The van der Waals surface area contributed by atoms with E-state index in [1.165, 1.54) is 0 Å². The Kier molecular flexibility index (Phi) is 4.39. The molecule has 2 aromatic carbocycles. The Morgan fingerprint density at radius 1 is 1.00 bits per heavy atom. The standard InChI is InChI=1S/C18H15BrN2O/c1-22-16-10-8-14(9-11-16)21-12-4-5-15(21)13-20-18-7-3-2-6-17(18)19/h2-13H,1H3. The number of aromatic nitrogens is 1. The fraction of sp³-hybridized carbons (Fsp3) is 0.0556. The van der Waals surface area contributed by atoms with Crippen molar-refractivity contribution in [1.29, 1.82) is 0 Å². The van der Waals surface area contributed by atoms with E-state index in [0.717, 1.165) is 27.3 Å². The Bertz CT molecular complexity index is 791. The second-order valence-corrected chi connectivity index (χ2v) is 5.57. The Labute approximate surface area is 138 Å². The predicted molar refractivity (Wildman–Crippen MR) is 93.7 cm³/mol. The van der Waals surface area contributed by atoms with E-state index in [9.17, 15) is 0 Å². The van der Waals surface area contributed by atoms with Gasteiger partial charge < -0.3 is 9.30 Å². The number of nitrogens with zero attached hydrogens (tertiary/aromatic N) is 2. The van der Waals surface area contributed by atoms with E-state index in [2.05, 4.69) is 25.5 Å². The van der Waals surface area contributed by atoms with Gasteiger partial charge in [-0.2, -0.15) is 0 Å². The van der Waals surface area contributed by atoms with Crippen LogP contribution in [0.25, 0.3) is 5.69 Å². The zero-order valence-electron chi connectivity index (χ0n) is 12.1. The number of halogens is 1. The minimum Gasteiger partial charge on any atom is -0.497 e.